The van der Waals surface area contributed by atoms with Gasteiger partial charge in [-0.3, -0.25) is 14.9 Å². The Labute approximate surface area is 145 Å². The number of nitro groups is 1. The van der Waals surface area contributed by atoms with Crippen LogP contribution in [0.15, 0.2) is 48.5 Å². The monoisotopic (exact) mass is 340 g/mol. The number of piperazine rings is 1. The van der Waals surface area contributed by atoms with E-state index in [2.05, 4.69) is 10.6 Å². The molecule has 2 N–H and O–H groups in total. The van der Waals surface area contributed by atoms with E-state index < -0.39 is 4.92 Å². The molecular weight excluding hydrogens is 320 g/mol. The van der Waals surface area contributed by atoms with Crippen LogP contribution in [0.3, 0.4) is 0 Å². The summed E-state index contributed by atoms with van der Waals surface area (Å²) in [6.45, 7) is 3.93. The number of hydrogen-bond acceptors (Lipinski definition) is 5. The van der Waals surface area contributed by atoms with E-state index in [0.717, 1.165) is 12.2 Å². The van der Waals surface area contributed by atoms with Gasteiger partial charge in [0.1, 0.15) is 5.69 Å². The van der Waals surface area contributed by atoms with Crippen molar-refractivity contribution in [1.29, 1.82) is 0 Å². The lowest BCUT2D eigenvalue weighted by Gasteiger charge is -2.32. The summed E-state index contributed by atoms with van der Waals surface area (Å²) in [5.41, 5.74) is 1.33. The minimum Gasteiger partial charge on any atom is -0.350 e. The summed E-state index contributed by atoms with van der Waals surface area (Å²) in [7, 11) is 0. The van der Waals surface area contributed by atoms with E-state index >= 15 is 0 Å². The molecule has 1 saturated heterocycles. The molecule has 2 aromatic rings. The van der Waals surface area contributed by atoms with Gasteiger partial charge in [0.15, 0.2) is 0 Å². The maximum Gasteiger partial charge on any atom is 0.293 e. The van der Waals surface area contributed by atoms with Gasteiger partial charge in [0.25, 0.3) is 11.6 Å². The van der Waals surface area contributed by atoms with Crippen molar-refractivity contribution in [3.63, 3.8) is 0 Å². The maximum absolute atomic E-state index is 12.6. The third-order valence-corrected chi connectivity index (χ3v) is 4.15. The molecule has 0 radical (unpaired) electrons. The molecule has 1 fully saturated rings. The smallest absolute Gasteiger partial charge is 0.293 e. The highest BCUT2D eigenvalue weighted by atomic mass is 16.6. The van der Waals surface area contributed by atoms with Crippen LogP contribution in [-0.4, -0.2) is 41.4 Å². The second kappa shape index (κ2) is 7.31. The van der Waals surface area contributed by atoms with Gasteiger partial charge >= 0.3 is 0 Å². The van der Waals surface area contributed by atoms with Crippen LogP contribution in [0.4, 0.5) is 17.1 Å². The van der Waals surface area contributed by atoms with E-state index in [1.54, 1.807) is 17.0 Å². The number of rotatable bonds is 4. The van der Waals surface area contributed by atoms with Crippen LogP contribution in [0.5, 0.6) is 0 Å². The van der Waals surface area contributed by atoms with E-state index in [9.17, 15) is 14.9 Å². The first-order chi connectivity index (χ1) is 12.0. The number of amides is 1. The molecule has 1 aliphatic rings. The van der Waals surface area contributed by atoms with Crippen molar-refractivity contribution in [3.8, 4) is 0 Å². The minimum absolute atomic E-state index is 0.113. The predicted molar refractivity (Wildman–Crippen MR) is 96.2 cm³/mol. The van der Waals surface area contributed by atoms with Gasteiger partial charge in [-0.1, -0.05) is 18.2 Å². The molecule has 0 spiro atoms. The third kappa shape index (κ3) is 3.95. The number of hydrogen-bond donors (Lipinski definition) is 2. The number of benzene rings is 2. The SMILES string of the molecule is CC1CN(C(=O)c2ccc(Nc3ccccc3)c([N+](=O)[O-])c2)CCN1. The predicted octanol–water partition coefficient (Wildman–Crippen LogP) is 2.77. The fraction of sp³-hybridized carbons (Fsp3) is 0.278. The Morgan fingerprint density at radius 3 is 2.72 bits per heavy atom. The molecule has 0 aliphatic carbocycles. The Kier molecular flexibility index (Phi) is 4.95. The van der Waals surface area contributed by atoms with Gasteiger partial charge in [-0.2, -0.15) is 0 Å². The quantitative estimate of drug-likeness (QED) is 0.660. The number of nitrogens with one attached hydrogen (secondary N) is 2. The molecule has 3 rings (SSSR count). The lowest BCUT2D eigenvalue weighted by Crippen LogP contribution is -2.51. The van der Waals surface area contributed by atoms with Gasteiger partial charge in [-0.15, -0.1) is 0 Å². The lowest BCUT2D eigenvalue weighted by atomic mass is 10.1. The van der Waals surface area contributed by atoms with Gasteiger partial charge in [0.05, 0.1) is 4.92 Å². The van der Waals surface area contributed by atoms with Crippen LogP contribution in [0, 0.1) is 10.1 Å². The maximum atomic E-state index is 12.6. The van der Waals surface area contributed by atoms with E-state index in [1.807, 2.05) is 37.3 Å². The van der Waals surface area contributed by atoms with Crippen molar-refractivity contribution in [2.24, 2.45) is 0 Å². The van der Waals surface area contributed by atoms with Crippen molar-refractivity contribution < 1.29 is 9.72 Å². The third-order valence-electron chi connectivity index (χ3n) is 4.15. The van der Waals surface area contributed by atoms with Crippen LogP contribution in [0.1, 0.15) is 17.3 Å². The number of para-hydroxylation sites is 1. The highest BCUT2D eigenvalue weighted by Crippen LogP contribution is 2.29. The van der Waals surface area contributed by atoms with E-state index in [4.69, 9.17) is 0 Å². The Morgan fingerprint density at radius 2 is 2.04 bits per heavy atom. The van der Waals surface area contributed by atoms with Crippen molar-refractivity contribution in [1.82, 2.24) is 10.2 Å². The number of carbonyl (C=O) groups is 1. The zero-order valence-electron chi connectivity index (χ0n) is 13.9. The number of anilines is 2. The molecule has 1 amide bonds. The summed E-state index contributed by atoms with van der Waals surface area (Å²) < 4.78 is 0. The topological polar surface area (TPSA) is 87.5 Å². The average molecular weight is 340 g/mol. The van der Waals surface area contributed by atoms with Crippen molar-refractivity contribution in [3.05, 3.63) is 64.2 Å². The summed E-state index contributed by atoms with van der Waals surface area (Å²) in [6.07, 6.45) is 0. The molecule has 7 heteroatoms. The molecule has 2 aromatic carbocycles. The van der Waals surface area contributed by atoms with Crippen LogP contribution in [-0.2, 0) is 0 Å². The van der Waals surface area contributed by atoms with Crippen molar-refractivity contribution >= 4 is 23.0 Å². The summed E-state index contributed by atoms with van der Waals surface area (Å²) in [6, 6.07) is 14.0. The Bertz CT molecular complexity index is 779. The van der Waals surface area contributed by atoms with Gasteiger partial charge in [0.2, 0.25) is 0 Å². The van der Waals surface area contributed by atoms with Crippen LogP contribution >= 0.6 is 0 Å². The normalized spacial score (nSPS) is 17.2. The molecule has 0 bridgehead atoms. The molecule has 0 aromatic heterocycles. The van der Waals surface area contributed by atoms with E-state index in [1.165, 1.54) is 6.07 Å². The Morgan fingerprint density at radius 1 is 1.28 bits per heavy atom. The molecule has 1 atom stereocenters. The zero-order chi connectivity index (χ0) is 17.8. The van der Waals surface area contributed by atoms with Crippen LogP contribution < -0.4 is 10.6 Å². The van der Waals surface area contributed by atoms with Crippen molar-refractivity contribution in [2.75, 3.05) is 25.0 Å². The molecule has 25 heavy (non-hydrogen) atoms. The first kappa shape index (κ1) is 16.9. The fourth-order valence-corrected chi connectivity index (χ4v) is 2.90. The van der Waals surface area contributed by atoms with Gasteiger partial charge in [-0.05, 0) is 31.2 Å². The van der Waals surface area contributed by atoms with Gasteiger partial charge in [0, 0.05) is 43.0 Å². The largest absolute Gasteiger partial charge is 0.350 e. The summed E-state index contributed by atoms with van der Waals surface area (Å²) >= 11 is 0. The van der Waals surface area contributed by atoms with Crippen LogP contribution in [0.25, 0.3) is 0 Å². The second-order valence-corrected chi connectivity index (χ2v) is 6.09. The average Bonchev–Trinajstić information content (AvgIpc) is 2.62. The molecular formula is C18H20N4O3. The second-order valence-electron chi connectivity index (χ2n) is 6.09. The van der Waals surface area contributed by atoms with Crippen molar-refractivity contribution in [2.45, 2.75) is 13.0 Å². The minimum atomic E-state index is -0.470. The molecule has 0 saturated carbocycles. The number of nitro benzene ring substituents is 1. The van der Waals surface area contributed by atoms with E-state index in [-0.39, 0.29) is 17.6 Å². The summed E-state index contributed by atoms with van der Waals surface area (Å²) in [5.74, 6) is -0.178. The standard InChI is InChI=1S/C18H20N4O3/c1-13-12-21(10-9-19-13)18(23)14-7-8-16(17(11-14)22(24)25)20-15-5-3-2-4-6-15/h2-8,11,13,19-20H,9-10,12H2,1H3. The molecule has 7 nitrogen and oxygen atoms in total. The zero-order valence-corrected chi connectivity index (χ0v) is 13.9. The highest BCUT2D eigenvalue weighted by molar-refractivity contribution is 5.96. The van der Waals surface area contributed by atoms with E-state index in [0.29, 0.717) is 24.3 Å². The molecule has 1 aliphatic heterocycles. The highest BCUT2D eigenvalue weighted by Gasteiger charge is 2.24. The Hall–Kier alpha value is -2.93. The molecule has 1 heterocycles. The Balaban J connectivity index is 1.86. The summed E-state index contributed by atoms with van der Waals surface area (Å²) in [5, 5.41) is 17.7. The molecule has 1 unspecified atom stereocenters. The first-order valence-corrected chi connectivity index (χ1v) is 8.18. The molecule has 130 valence electrons. The fourth-order valence-electron chi connectivity index (χ4n) is 2.90. The number of nitrogens with zero attached hydrogens (tertiary/aromatic N) is 2. The lowest BCUT2D eigenvalue weighted by molar-refractivity contribution is -0.383. The van der Waals surface area contributed by atoms with Crippen LogP contribution in [0.2, 0.25) is 0 Å². The number of carbonyl (C=O) groups excluding carboxylic acids is 1. The summed E-state index contributed by atoms with van der Waals surface area (Å²) in [4.78, 5) is 25.3. The van der Waals surface area contributed by atoms with Gasteiger partial charge in [-0.25, -0.2) is 0 Å². The first-order valence-electron chi connectivity index (χ1n) is 8.18. The van der Waals surface area contributed by atoms with Gasteiger partial charge < -0.3 is 15.5 Å².